The van der Waals surface area contributed by atoms with Gasteiger partial charge in [0, 0.05) is 18.0 Å². The molecule has 0 saturated carbocycles. The Morgan fingerprint density at radius 1 is 2.00 bits per heavy atom. The van der Waals surface area contributed by atoms with Gasteiger partial charge in [-0.25, -0.2) is 4.79 Å². The highest BCUT2D eigenvalue weighted by Crippen LogP contribution is 2.19. The molecule has 2 nitrogen and oxygen atoms in total. The summed E-state index contributed by atoms with van der Waals surface area (Å²) < 4.78 is 4.35. The first-order valence-electron chi connectivity index (χ1n) is 1.85. The van der Waals surface area contributed by atoms with E-state index >= 15 is 0 Å². The summed E-state index contributed by atoms with van der Waals surface area (Å²) in [6, 6.07) is 0. The molecular weight excluding hydrogens is 115 g/mol. The van der Waals surface area contributed by atoms with Crippen LogP contribution in [0.3, 0.4) is 0 Å². The molecule has 0 spiro atoms. The van der Waals surface area contributed by atoms with Crippen LogP contribution in [0.4, 0.5) is 4.79 Å². The zero-order valence-corrected chi connectivity index (χ0v) is 4.23. The van der Waals surface area contributed by atoms with E-state index < -0.39 is 5.43 Å². The Morgan fingerprint density at radius 2 is 2.57 bits per heavy atom. The molecule has 0 aromatic rings. The standard InChI is InChI=1S/C4H3ClO2/c5-4(6)7-3-1-2-3/h1H,2H2. The normalized spacial score (nSPS) is 15.3. The topological polar surface area (TPSA) is 26.3 Å². The summed E-state index contributed by atoms with van der Waals surface area (Å²) >= 11 is 4.81. The van der Waals surface area contributed by atoms with Gasteiger partial charge in [0.25, 0.3) is 0 Å². The second-order valence-corrected chi connectivity index (χ2v) is 1.52. The lowest BCUT2D eigenvalue weighted by atomic mass is 10.8. The summed E-state index contributed by atoms with van der Waals surface area (Å²) in [7, 11) is 0. The first-order valence-corrected chi connectivity index (χ1v) is 2.23. The number of hydrogen-bond acceptors (Lipinski definition) is 2. The van der Waals surface area contributed by atoms with Crippen molar-refractivity contribution in [3.8, 4) is 0 Å². The van der Waals surface area contributed by atoms with E-state index in [0.717, 1.165) is 6.42 Å². The highest BCUT2D eigenvalue weighted by Gasteiger charge is 2.10. The van der Waals surface area contributed by atoms with Gasteiger partial charge >= 0.3 is 5.43 Å². The zero-order valence-electron chi connectivity index (χ0n) is 3.48. The van der Waals surface area contributed by atoms with Crippen LogP contribution in [-0.2, 0) is 4.74 Å². The maximum absolute atomic E-state index is 9.80. The summed E-state index contributed by atoms with van der Waals surface area (Å²) in [5, 5.41) is 0. The van der Waals surface area contributed by atoms with E-state index in [4.69, 9.17) is 11.6 Å². The molecule has 0 unspecified atom stereocenters. The molecule has 0 radical (unpaired) electrons. The van der Waals surface area contributed by atoms with Crippen LogP contribution < -0.4 is 0 Å². The van der Waals surface area contributed by atoms with Gasteiger partial charge in [-0.1, -0.05) is 0 Å². The molecule has 38 valence electrons. The van der Waals surface area contributed by atoms with Crippen LogP contribution in [0.15, 0.2) is 11.8 Å². The lowest BCUT2D eigenvalue weighted by Gasteiger charge is -1.85. The fourth-order valence-corrected chi connectivity index (χ4v) is 0.327. The maximum atomic E-state index is 9.80. The predicted molar refractivity (Wildman–Crippen MR) is 25.0 cm³/mol. The molecule has 0 atom stereocenters. The molecule has 1 aliphatic carbocycles. The molecule has 0 amide bonds. The molecule has 1 aliphatic rings. The van der Waals surface area contributed by atoms with Crippen molar-refractivity contribution in [2.45, 2.75) is 6.42 Å². The molecule has 0 aliphatic heterocycles. The van der Waals surface area contributed by atoms with E-state index in [-0.39, 0.29) is 0 Å². The van der Waals surface area contributed by atoms with Gasteiger partial charge in [-0.15, -0.1) is 0 Å². The quantitative estimate of drug-likeness (QED) is 0.490. The average molecular weight is 119 g/mol. The molecule has 1 rings (SSSR count). The summed E-state index contributed by atoms with van der Waals surface area (Å²) in [6.07, 6.45) is 2.55. The van der Waals surface area contributed by atoms with E-state index in [2.05, 4.69) is 4.74 Å². The monoisotopic (exact) mass is 118 g/mol. The Labute approximate surface area is 45.7 Å². The summed E-state index contributed by atoms with van der Waals surface area (Å²) in [5.74, 6) is 0.681. The molecule has 0 heterocycles. The van der Waals surface area contributed by atoms with Gasteiger partial charge in [-0.3, -0.25) is 0 Å². The van der Waals surface area contributed by atoms with Crippen LogP contribution in [0.5, 0.6) is 0 Å². The van der Waals surface area contributed by atoms with Crippen LogP contribution in [0.25, 0.3) is 0 Å². The highest BCUT2D eigenvalue weighted by atomic mass is 35.5. The van der Waals surface area contributed by atoms with Crippen molar-refractivity contribution in [3.05, 3.63) is 11.8 Å². The number of allylic oxidation sites excluding steroid dienone is 2. The van der Waals surface area contributed by atoms with Gasteiger partial charge in [0.1, 0.15) is 5.76 Å². The number of ether oxygens (including phenoxy) is 1. The largest absolute Gasteiger partial charge is 0.419 e. The first kappa shape index (κ1) is 4.65. The number of hydrogen-bond donors (Lipinski definition) is 0. The number of carbonyl (C=O) groups is 1. The summed E-state index contributed by atoms with van der Waals surface area (Å²) in [4.78, 5) is 9.80. The Morgan fingerprint density at radius 3 is 2.71 bits per heavy atom. The highest BCUT2D eigenvalue weighted by molar-refractivity contribution is 6.61. The fourth-order valence-electron chi connectivity index (χ4n) is 0.228. The molecule has 0 aromatic carbocycles. The van der Waals surface area contributed by atoms with Crippen molar-refractivity contribution in [3.63, 3.8) is 0 Å². The van der Waals surface area contributed by atoms with Crippen LogP contribution in [-0.4, -0.2) is 5.43 Å². The zero-order chi connectivity index (χ0) is 5.28. The van der Waals surface area contributed by atoms with Crippen molar-refractivity contribution in [2.24, 2.45) is 0 Å². The van der Waals surface area contributed by atoms with E-state index in [0.29, 0.717) is 5.76 Å². The Hall–Kier alpha value is -0.500. The van der Waals surface area contributed by atoms with Crippen LogP contribution in [0.1, 0.15) is 6.42 Å². The van der Waals surface area contributed by atoms with Crippen molar-refractivity contribution in [1.29, 1.82) is 0 Å². The molecule has 0 aromatic heterocycles. The number of halogens is 1. The lowest BCUT2D eigenvalue weighted by Crippen LogP contribution is -1.83. The predicted octanol–water partition coefficient (Wildman–Crippen LogP) is 1.65. The van der Waals surface area contributed by atoms with Crippen LogP contribution >= 0.6 is 11.6 Å². The molecule has 0 fully saturated rings. The first-order chi connectivity index (χ1) is 3.29. The Kier molecular flexibility index (Phi) is 1.02. The Balaban J connectivity index is 2.21. The van der Waals surface area contributed by atoms with Gasteiger partial charge in [-0.05, 0) is 6.08 Å². The summed E-state index contributed by atoms with van der Waals surface area (Å²) in [6.45, 7) is 0. The van der Waals surface area contributed by atoms with Gasteiger partial charge < -0.3 is 4.74 Å². The fraction of sp³-hybridized carbons (Fsp3) is 0.250. The molecule has 0 saturated heterocycles. The molecular formula is C4H3ClO2. The number of carbonyl (C=O) groups excluding carboxylic acids is 1. The minimum Gasteiger partial charge on any atom is -0.419 e. The van der Waals surface area contributed by atoms with Crippen molar-refractivity contribution in [1.82, 2.24) is 0 Å². The van der Waals surface area contributed by atoms with E-state index in [9.17, 15) is 4.79 Å². The smallest absolute Gasteiger partial charge is 0.408 e. The Bertz CT molecular complexity index is 128. The molecule has 7 heavy (non-hydrogen) atoms. The third-order valence-electron chi connectivity index (χ3n) is 0.582. The van der Waals surface area contributed by atoms with Gasteiger partial charge in [0.15, 0.2) is 0 Å². The third kappa shape index (κ3) is 1.59. The van der Waals surface area contributed by atoms with Crippen molar-refractivity contribution in [2.75, 3.05) is 0 Å². The molecule has 0 bridgehead atoms. The van der Waals surface area contributed by atoms with Gasteiger partial charge in [-0.2, -0.15) is 0 Å². The third-order valence-corrected chi connectivity index (χ3v) is 0.659. The van der Waals surface area contributed by atoms with Crippen molar-refractivity contribution < 1.29 is 9.53 Å². The minimum atomic E-state index is -0.747. The van der Waals surface area contributed by atoms with E-state index in [1.165, 1.54) is 0 Å². The lowest BCUT2D eigenvalue weighted by molar-refractivity contribution is 0.207. The second kappa shape index (κ2) is 1.54. The minimum absolute atomic E-state index is 0.681. The SMILES string of the molecule is O=C(Cl)OC1=CC1. The van der Waals surface area contributed by atoms with E-state index in [1.54, 1.807) is 6.08 Å². The average Bonchev–Trinajstić information content (AvgIpc) is 2.17. The number of rotatable bonds is 1. The summed E-state index contributed by atoms with van der Waals surface area (Å²) in [5.41, 5.74) is -0.747. The second-order valence-electron chi connectivity index (χ2n) is 1.21. The van der Waals surface area contributed by atoms with E-state index in [1.807, 2.05) is 0 Å². The van der Waals surface area contributed by atoms with Crippen LogP contribution in [0, 0.1) is 0 Å². The van der Waals surface area contributed by atoms with Crippen molar-refractivity contribution >= 4 is 17.0 Å². The van der Waals surface area contributed by atoms with Gasteiger partial charge in [0.05, 0.1) is 0 Å². The van der Waals surface area contributed by atoms with Crippen LogP contribution in [0.2, 0.25) is 0 Å². The van der Waals surface area contributed by atoms with Gasteiger partial charge in [0.2, 0.25) is 0 Å². The maximum Gasteiger partial charge on any atom is 0.408 e. The molecule has 0 N–H and O–H groups in total. The molecule has 3 heteroatoms.